The quantitative estimate of drug-likeness (QED) is 0.704. The normalized spacial score (nSPS) is 14.7. The second-order valence-electron chi connectivity index (χ2n) is 4.75. The van der Waals surface area contributed by atoms with Crippen LogP contribution in [-0.4, -0.2) is 9.97 Å². The van der Waals surface area contributed by atoms with E-state index >= 15 is 0 Å². The third-order valence-corrected chi connectivity index (χ3v) is 4.35. The molecule has 1 aliphatic rings. The molecule has 1 fully saturated rings. The van der Waals surface area contributed by atoms with Crippen molar-refractivity contribution in [3.05, 3.63) is 44.8 Å². The lowest BCUT2D eigenvalue weighted by atomic mass is 10.1. The number of rotatable bonds is 2. The van der Waals surface area contributed by atoms with Crippen LogP contribution in [0.4, 0.5) is 0 Å². The maximum Gasteiger partial charge on any atom is 0.136 e. The molecule has 1 aromatic heterocycles. The predicted octanol–water partition coefficient (Wildman–Crippen LogP) is 5.29. The number of hydrogen-bond donors (Lipinski definition) is 0. The lowest BCUT2D eigenvalue weighted by molar-refractivity contribution is 0.922. The number of hydrogen-bond acceptors (Lipinski definition) is 2. The molecule has 19 heavy (non-hydrogen) atoms. The van der Waals surface area contributed by atoms with E-state index in [0.29, 0.717) is 21.1 Å². The van der Waals surface area contributed by atoms with Gasteiger partial charge in [-0.1, -0.05) is 40.9 Å². The van der Waals surface area contributed by atoms with Gasteiger partial charge in [0.15, 0.2) is 0 Å². The molecule has 2 aromatic rings. The first-order valence-electron chi connectivity index (χ1n) is 6.05. The van der Waals surface area contributed by atoms with Crippen LogP contribution < -0.4 is 0 Å². The van der Waals surface area contributed by atoms with Crippen molar-refractivity contribution in [2.45, 2.75) is 25.7 Å². The Morgan fingerprint density at radius 2 is 1.79 bits per heavy atom. The average Bonchev–Trinajstić information content (AvgIpc) is 3.20. The number of nitrogens with zero attached hydrogens (tertiary/aromatic N) is 2. The van der Waals surface area contributed by atoms with E-state index in [0.717, 1.165) is 35.5 Å². The molecule has 1 saturated carbocycles. The molecule has 0 radical (unpaired) electrons. The van der Waals surface area contributed by atoms with Gasteiger partial charge in [0.25, 0.3) is 0 Å². The number of benzene rings is 1. The smallest absolute Gasteiger partial charge is 0.136 e. The SMILES string of the molecule is Cc1c(Cl)nc(C2CC2)nc1-c1ccc(Cl)c(Cl)c1. The summed E-state index contributed by atoms with van der Waals surface area (Å²) in [5.74, 6) is 1.29. The van der Waals surface area contributed by atoms with Gasteiger partial charge in [0, 0.05) is 17.0 Å². The summed E-state index contributed by atoms with van der Waals surface area (Å²) in [7, 11) is 0. The van der Waals surface area contributed by atoms with Crippen LogP contribution in [-0.2, 0) is 0 Å². The van der Waals surface area contributed by atoms with Crippen molar-refractivity contribution in [1.29, 1.82) is 0 Å². The molecule has 5 heteroatoms. The van der Waals surface area contributed by atoms with Crippen molar-refractivity contribution in [3.63, 3.8) is 0 Å². The highest BCUT2D eigenvalue weighted by molar-refractivity contribution is 6.42. The molecular formula is C14H11Cl3N2. The molecule has 1 heterocycles. The third-order valence-electron chi connectivity index (χ3n) is 3.24. The maximum absolute atomic E-state index is 6.20. The highest BCUT2D eigenvalue weighted by atomic mass is 35.5. The summed E-state index contributed by atoms with van der Waals surface area (Å²) in [5, 5.41) is 1.56. The fourth-order valence-corrected chi connectivity index (χ4v) is 2.43. The lowest BCUT2D eigenvalue weighted by Crippen LogP contribution is -1.99. The van der Waals surface area contributed by atoms with Crippen LogP contribution in [0.2, 0.25) is 15.2 Å². The fraction of sp³-hybridized carbons (Fsp3) is 0.286. The summed E-state index contributed by atoms with van der Waals surface area (Å²) in [5.41, 5.74) is 2.61. The monoisotopic (exact) mass is 312 g/mol. The molecule has 2 nitrogen and oxygen atoms in total. The van der Waals surface area contributed by atoms with Crippen LogP contribution >= 0.6 is 34.8 Å². The van der Waals surface area contributed by atoms with Gasteiger partial charge in [0.05, 0.1) is 15.7 Å². The number of halogens is 3. The van der Waals surface area contributed by atoms with Crippen LogP contribution in [0.5, 0.6) is 0 Å². The van der Waals surface area contributed by atoms with Crippen molar-refractivity contribution in [3.8, 4) is 11.3 Å². The Morgan fingerprint density at radius 1 is 1.05 bits per heavy atom. The van der Waals surface area contributed by atoms with Gasteiger partial charge in [0.1, 0.15) is 11.0 Å². The minimum atomic E-state index is 0.458. The zero-order valence-electron chi connectivity index (χ0n) is 10.3. The Morgan fingerprint density at radius 3 is 2.42 bits per heavy atom. The van der Waals surface area contributed by atoms with Crippen LogP contribution in [0, 0.1) is 6.92 Å². The van der Waals surface area contributed by atoms with Gasteiger partial charge in [-0.2, -0.15) is 0 Å². The molecule has 1 aliphatic carbocycles. The molecular weight excluding hydrogens is 303 g/mol. The zero-order valence-corrected chi connectivity index (χ0v) is 12.5. The van der Waals surface area contributed by atoms with Crippen molar-refractivity contribution < 1.29 is 0 Å². The van der Waals surface area contributed by atoms with E-state index < -0.39 is 0 Å². The van der Waals surface area contributed by atoms with Crippen molar-refractivity contribution in [2.75, 3.05) is 0 Å². The maximum atomic E-state index is 6.20. The number of aromatic nitrogens is 2. The standard InChI is InChI=1S/C14H11Cl3N2/c1-7-12(9-4-5-10(15)11(16)6-9)18-14(8-2-3-8)19-13(7)17/h4-6,8H,2-3H2,1H3. The van der Waals surface area contributed by atoms with Crippen LogP contribution in [0.25, 0.3) is 11.3 Å². The zero-order chi connectivity index (χ0) is 13.6. The van der Waals surface area contributed by atoms with Gasteiger partial charge in [-0.05, 0) is 31.9 Å². The Balaban J connectivity index is 2.14. The Hall–Kier alpha value is -0.830. The molecule has 1 aromatic carbocycles. The van der Waals surface area contributed by atoms with Crippen LogP contribution in [0.1, 0.15) is 30.1 Å². The molecule has 0 atom stereocenters. The van der Waals surface area contributed by atoms with Gasteiger partial charge >= 0.3 is 0 Å². The lowest BCUT2D eigenvalue weighted by Gasteiger charge is -2.10. The summed E-state index contributed by atoms with van der Waals surface area (Å²) in [6, 6.07) is 5.48. The highest BCUT2D eigenvalue weighted by Crippen LogP contribution is 2.40. The second-order valence-corrected chi connectivity index (χ2v) is 5.92. The molecule has 0 saturated heterocycles. The fourth-order valence-electron chi connectivity index (χ4n) is 1.95. The highest BCUT2D eigenvalue weighted by Gasteiger charge is 2.28. The first kappa shape index (κ1) is 13.2. The minimum Gasteiger partial charge on any atom is -0.232 e. The largest absolute Gasteiger partial charge is 0.232 e. The molecule has 98 valence electrons. The Kier molecular flexibility index (Phi) is 3.42. The molecule has 3 rings (SSSR count). The van der Waals surface area contributed by atoms with Crippen LogP contribution in [0.3, 0.4) is 0 Å². The Labute approximate surface area is 126 Å². The van der Waals surface area contributed by atoms with Gasteiger partial charge in [-0.25, -0.2) is 9.97 Å². The van der Waals surface area contributed by atoms with E-state index in [2.05, 4.69) is 9.97 Å². The topological polar surface area (TPSA) is 25.8 Å². The first-order valence-corrected chi connectivity index (χ1v) is 7.19. The first-order chi connectivity index (χ1) is 9.06. The minimum absolute atomic E-state index is 0.458. The summed E-state index contributed by atoms with van der Waals surface area (Å²) in [6.45, 7) is 1.91. The summed E-state index contributed by atoms with van der Waals surface area (Å²) >= 11 is 18.2. The third kappa shape index (κ3) is 2.58. The molecule has 0 unspecified atom stereocenters. The molecule has 0 N–H and O–H groups in total. The summed E-state index contributed by atoms with van der Waals surface area (Å²) in [4.78, 5) is 9.00. The van der Waals surface area contributed by atoms with E-state index in [1.165, 1.54) is 0 Å². The van der Waals surface area contributed by atoms with E-state index in [9.17, 15) is 0 Å². The Bertz CT molecular complexity index is 651. The molecule has 0 bridgehead atoms. The van der Waals surface area contributed by atoms with Crippen molar-refractivity contribution >= 4 is 34.8 Å². The molecule has 0 aliphatic heterocycles. The van der Waals surface area contributed by atoms with Crippen molar-refractivity contribution in [1.82, 2.24) is 9.97 Å². The molecule has 0 amide bonds. The van der Waals surface area contributed by atoms with Crippen molar-refractivity contribution in [2.24, 2.45) is 0 Å². The van der Waals surface area contributed by atoms with Crippen LogP contribution in [0.15, 0.2) is 18.2 Å². The van der Waals surface area contributed by atoms with E-state index in [1.807, 2.05) is 19.1 Å². The van der Waals surface area contributed by atoms with Gasteiger partial charge in [-0.3, -0.25) is 0 Å². The molecule has 0 spiro atoms. The van der Waals surface area contributed by atoms with E-state index in [4.69, 9.17) is 34.8 Å². The van der Waals surface area contributed by atoms with Gasteiger partial charge in [0.2, 0.25) is 0 Å². The second kappa shape index (κ2) is 4.93. The van der Waals surface area contributed by atoms with E-state index in [1.54, 1.807) is 6.07 Å². The summed E-state index contributed by atoms with van der Waals surface area (Å²) < 4.78 is 0. The van der Waals surface area contributed by atoms with Gasteiger partial charge in [-0.15, -0.1) is 0 Å². The summed E-state index contributed by atoms with van der Waals surface area (Å²) in [6.07, 6.45) is 2.28. The van der Waals surface area contributed by atoms with Gasteiger partial charge < -0.3 is 0 Å². The average molecular weight is 314 g/mol. The predicted molar refractivity (Wildman–Crippen MR) is 79.2 cm³/mol. The van der Waals surface area contributed by atoms with E-state index in [-0.39, 0.29) is 0 Å².